The standard InChI is InChI=1S/C22H33N3O3/c1-22(2,20(26)24-12-8-4-5-9-13-24)21(27)25-16-14-23(15-17-25)18-10-6-7-11-19(18)28-3/h6-7,10-11H,4-5,8-9,12-17H2,1-3H3. The molecule has 6 heteroatoms. The summed E-state index contributed by atoms with van der Waals surface area (Å²) in [5, 5.41) is 0. The van der Waals surface area contributed by atoms with Crippen molar-refractivity contribution in [3.8, 4) is 5.75 Å². The molecule has 2 fully saturated rings. The van der Waals surface area contributed by atoms with Crippen molar-refractivity contribution in [3.05, 3.63) is 24.3 Å². The van der Waals surface area contributed by atoms with Crippen molar-refractivity contribution in [1.82, 2.24) is 9.80 Å². The van der Waals surface area contributed by atoms with Crippen LogP contribution in [-0.4, -0.2) is 68.0 Å². The van der Waals surface area contributed by atoms with E-state index in [1.165, 1.54) is 12.8 Å². The first-order valence-corrected chi connectivity index (χ1v) is 10.4. The number of piperazine rings is 1. The summed E-state index contributed by atoms with van der Waals surface area (Å²) in [7, 11) is 1.68. The summed E-state index contributed by atoms with van der Waals surface area (Å²) in [4.78, 5) is 32.3. The molecule has 0 N–H and O–H groups in total. The Hall–Kier alpha value is -2.24. The maximum Gasteiger partial charge on any atom is 0.237 e. The predicted octanol–water partition coefficient (Wildman–Crippen LogP) is 2.77. The van der Waals surface area contributed by atoms with E-state index in [1.807, 2.05) is 34.1 Å². The number of methoxy groups -OCH3 is 1. The molecule has 0 radical (unpaired) electrons. The van der Waals surface area contributed by atoms with Gasteiger partial charge in [0.25, 0.3) is 0 Å². The van der Waals surface area contributed by atoms with Crippen LogP contribution in [0.3, 0.4) is 0 Å². The SMILES string of the molecule is COc1ccccc1N1CCN(C(=O)C(C)(C)C(=O)N2CCCCCC2)CC1. The van der Waals surface area contributed by atoms with Crippen LogP contribution in [0.1, 0.15) is 39.5 Å². The fourth-order valence-electron chi connectivity index (χ4n) is 4.20. The lowest BCUT2D eigenvalue weighted by Gasteiger charge is -2.40. The molecule has 0 saturated carbocycles. The Balaban J connectivity index is 1.62. The van der Waals surface area contributed by atoms with Crippen molar-refractivity contribution in [2.45, 2.75) is 39.5 Å². The molecule has 0 aromatic heterocycles. The number of nitrogens with zero attached hydrogens (tertiary/aromatic N) is 3. The van der Waals surface area contributed by atoms with E-state index in [4.69, 9.17) is 4.74 Å². The molecule has 2 aliphatic rings. The van der Waals surface area contributed by atoms with Crippen LogP contribution in [0.25, 0.3) is 0 Å². The predicted molar refractivity (Wildman–Crippen MR) is 111 cm³/mol. The fourth-order valence-corrected chi connectivity index (χ4v) is 4.20. The Kier molecular flexibility index (Phi) is 6.47. The maximum absolute atomic E-state index is 13.2. The van der Waals surface area contributed by atoms with Gasteiger partial charge in [-0.05, 0) is 38.8 Å². The Labute approximate surface area is 168 Å². The molecule has 28 heavy (non-hydrogen) atoms. The lowest BCUT2D eigenvalue weighted by molar-refractivity contribution is -0.154. The number of ether oxygens (including phenoxy) is 1. The molecule has 2 amide bonds. The van der Waals surface area contributed by atoms with Gasteiger partial charge in [-0.15, -0.1) is 0 Å². The Bertz CT molecular complexity index is 688. The first kappa shape index (κ1) is 20.5. The number of para-hydroxylation sites is 2. The first-order chi connectivity index (χ1) is 13.4. The van der Waals surface area contributed by atoms with E-state index in [1.54, 1.807) is 21.0 Å². The summed E-state index contributed by atoms with van der Waals surface area (Å²) in [6, 6.07) is 7.95. The fraction of sp³-hybridized carbons (Fsp3) is 0.636. The summed E-state index contributed by atoms with van der Waals surface area (Å²) in [6.45, 7) is 7.83. The Morgan fingerprint density at radius 2 is 1.36 bits per heavy atom. The van der Waals surface area contributed by atoms with Crippen LogP contribution in [0.15, 0.2) is 24.3 Å². The van der Waals surface area contributed by atoms with Gasteiger partial charge >= 0.3 is 0 Å². The third-order valence-corrected chi connectivity index (χ3v) is 5.96. The minimum Gasteiger partial charge on any atom is -0.495 e. The molecule has 0 aliphatic carbocycles. The number of hydrogen-bond acceptors (Lipinski definition) is 4. The average Bonchev–Trinajstić information content (AvgIpc) is 3.02. The van der Waals surface area contributed by atoms with Crippen LogP contribution in [0.4, 0.5) is 5.69 Å². The van der Waals surface area contributed by atoms with E-state index in [0.717, 1.165) is 50.5 Å². The molecule has 2 heterocycles. The number of hydrogen-bond donors (Lipinski definition) is 0. The average molecular weight is 388 g/mol. The third-order valence-electron chi connectivity index (χ3n) is 5.96. The molecule has 0 bridgehead atoms. The highest BCUT2D eigenvalue weighted by atomic mass is 16.5. The lowest BCUT2D eigenvalue weighted by atomic mass is 9.89. The molecule has 0 unspecified atom stereocenters. The lowest BCUT2D eigenvalue weighted by Crippen LogP contribution is -2.56. The second-order valence-electron chi connectivity index (χ2n) is 8.28. The minimum absolute atomic E-state index is 0.0217. The number of carbonyl (C=O) groups is 2. The van der Waals surface area contributed by atoms with Crippen molar-refractivity contribution in [3.63, 3.8) is 0 Å². The highest BCUT2D eigenvalue weighted by molar-refractivity contribution is 6.04. The van der Waals surface area contributed by atoms with Gasteiger partial charge in [0, 0.05) is 39.3 Å². The van der Waals surface area contributed by atoms with Crippen molar-refractivity contribution in [2.24, 2.45) is 5.41 Å². The van der Waals surface area contributed by atoms with Crippen LogP contribution in [0.2, 0.25) is 0 Å². The second-order valence-corrected chi connectivity index (χ2v) is 8.28. The normalized spacial score (nSPS) is 18.6. The van der Waals surface area contributed by atoms with E-state index in [0.29, 0.717) is 13.1 Å². The van der Waals surface area contributed by atoms with Crippen LogP contribution in [-0.2, 0) is 9.59 Å². The first-order valence-electron chi connectivity index (χ1n) is 10.4. The molecule has 0 atom stereocenters. The van der Waals surface area contributed by atoms with Gasteiger partial charge in [-0.25, -0.2) is 0 Å². The zero-order valence-corrected chi connectivity index (χ0v) is 17.4. The van der Waals surface area contributed by atoms with E-state index >= 15 is 0 Å². The summed E-state index contributed by atoms with van der Waals surface area (Å²) in [6.07, 6.45) is 4.41. The quantitative estimate of drug-likeness (QED) is 0.746. The van der Waals surface area contributed by atoms with Gasteiger partial charge in [0.05, 0.1) is 12.8 Å². The zero-order valence-electron chi connectivity index (χ0n) is 17.4. The molecule has 0 spiro atoms. The molecular formula is C22H33N3O3. The Morgan fingerprint density at radius 1 is 0.821 bits per heavy atom. The van der Waals surface area contributed by atoms with E-state index < -0.39 is 5.41 Å². The van der Waals surface area contributed by atoms with Crippen LogP contribution < -0.4 is 9.64 Å². The summed E-state index contributed by atoms with van der Waals surface area (Å²) < 4.78 is 5.46. The molecule has 6 nitrogen and oxygen atoms in total. The number of rotatable bonds is 4. The van der Waals surface area contributed by atoms with Crippen molar-refractivity contribution < 1.29 is 14.3 Å². The van der Waals surface area contributed by atoms with Gasteiger partial charge in [-0.3, -0.25) is 9.59 Å². The zero-order chi connectivity index (χ0) is 20.1. The van der Waals surface area contributed by atoms with Crippen LogP contribution in [0.5, 0.6) is 5.75 Å². The highest BCUT2D eigenvalue weighted by Gasteiger charge is 2.42. The van der Waals surface area contributed by atoms with Crippen LogP contribution in [0, 0.1) is 5.41 Å². The molecule has 154 valence electrons. The van der Waals surface area contributed by atoms with Gasteiger partial charge in [-0.1, -0.05) is 25.0 Å². The van der Waals surface area contributed by atoms with Crippen molar-refractivity contribution in [1.29, 1.82) is 0 Å². The highest BCUT2D eigenvalue weighted by Crippen LogP contribution is 2.30. The molecule has 2 aliphatic heterocycles. The van der Waals surface area contributed by atoms with Crippen molar-refractivity contribution in [2.75, 3.05) is 51.3 Å². The van der Waals surface area contributed by atoms with E-state index in [-0.39, 0.29) is 11.8 Å². The van der Waals surface area contributed by atoms with Gasteiger partial charge in [-0.2, -0.15) is 0 Å². The topological polar surface area (TPSA) is 53.1 Å². The number of carbonyl (C=O) groups excluding carboxylic acids is 2. The minimum atomic E-state index is -1.00. The molecule has 1 aromatic carbocycles. The molecular weight excluding hydrogens is 354 g/mol. The van der Waals surface area contributed by atoms with Gasteiger partial charge in [0.2, 0.25) is 11.8 Å². The van der Waals surface area contributed by atoms with Gasteiger partial charge < -0.3 is 19.4 Å². The Morgan fingerprint density at radius 3 is 1.93 bits per heavy atom. The number of benzene rings is 1. The molecule has 1 aromatic rings. The monoisotopic (exact) mass is 387 g/mol. The van der Waals surface area contributed by atoms with Gasteiger partial charge in [0.1, 0.15) is 11.2 Å². The maximum atomic E-state index is 13.2. The summed E-state index contributed by atoms with van der Waals surface area (Å²) in [5.41, 5.74) is 0.0498. The van der Waals surface area contributed by atoms with E-state index in [9.17, 15) is 9.59 Å². The molecule has 3 rings (SSSR count). The smallest absolute Gasteiger partial charge is 0.237 e. The van der Waals surface area contributed by atoms with Gasteiger partial charge in [0.15, 0.2) is 0 Å². The summed E-state index contributed by atoms with van der Waals surface area (Å²) in [5.74, 6) is 0.770. The number of likely N-dealkylation sites (tertiary alicyclic amines) is 1. The second kappa shape index (κ2) is 8.84. The van der Waals surface area contributed by atoms with Crippen molar-refractivity contribution >= 4 is 17.5 Å². The van der Waals surface area contributed by atoms with E-state index in [2.05, 4.69) is 4.90 Å². The summed E-state index contributed by atoms with van der Waals surface area (Å²) >= 11 is 0. The number of anilines is 1. The van der Waals surface area contributed by atoms with Crippen LogP contribution >= 0.6 is 0 Å². The number of amides is 2. The third kappa shape index (κ3) is 4.26. The largest absolute Gasteiger partial charge is 0.495 e. The molecule has 2 saturated heterocycles.